The monoisotopic (exact) mass is 307 g/mol. The second-order valence-corrected chi connectivity index (χ2v) is 5.85. The summed E-state index contributed by atoms with van der Waals surface area (Å²) in [5.41, 5.74) is 4.18. The molecule has 3 aromatic rings. The van der Waals surface area contributed by atoms with E-state index in [1.165, 1.54) is 10.4 Å². The lowest BCUT2D eigenvalue weighted by Crippen LogP contribution is -2.02. The highest BCUT2D eigenvalue weighted by atomic mass is 32.1. The molecule has 2 nitrogen and oxygen atoms in total. The molecule has 0 saturated heterocycles. The average Bonchev–Trinajstić information content (AvgIpc) is 2.99. The van der Waals surface area contributed by atoms with Crippen LogP contribution < -0.4 is 4.74 Å². The van der Waals surface area contributed by atoms with Gasteiger partial charge in [0.25, 0.3) is 0 Å². The quantitative estimate of drug-likeness (QED) is 0.604. The fraction of sp³-hybridized carbons (Fsp3) is 0.105. The fourth-order valence-corrected chi connectivity index (χ4v) is 3.24. The number of aliphatic imine (C=N–C) groups is 1. The standard InChI is InChI=1S/C19H17NOS/c1-14-12-13-22-19(14)18(15-8-4-3-5-9-15)20-16-10-6-7-11-17(16)21-2/h3-13H,1-2H3. The second-order valence-electron chi connectivity index (χ2n) is 4.93. The predicted octanol–water partition coefficient (Wildman–Crippen LogP) is 5.23. The van der Waals surface area contributed by atoms with Gasteiger partial charge in [0.2, 0.25) is 0 Å². The van der Waals surface area contributed by atoms with E-state index in [0.717, 1.165) is 22.7 Å². The van der Waals surface area contributed by atoms with Crippen LogP contribution in [-0.4, -0.2) is 12.8 Å². The van der Waals surface area contributed by atoms with Crippen LogP contribution in [-0.2, 0) is 0 Å². The molecule has 0 saturated carbocycles. The SMILES string of the molecule is COc1ccccc1N=C(c1ccccc1)c1sccc1C. The van der Waals surface area contributed by atoms with Crippen molar-refractivity contribution >= 4 is 22.7 Å². The van der Waals surface area contributed by atoms with Crippen LogP contribution in [0.2, 0.25) is 0 Å². The van der Waals surface area contributed by atoms with Crippen LogP contribution in [0.15, 0.2) is 71.0 Å². The molecule has 0 aliphatic rings. The zero-order valence-electron chi connectivity index (χ0n) is 12.6. The lowest BCUT2D eigenvalue weighted by Gasteiger charge is -2.09. The van der Waals surface area contributed by atoms with Gasteiger partial charge >= 0.3 is 0 Å². The van der Waals surface area contributed by atoms with E-state index in [0.29, 0.717) is 0 Å². The summed E-state index contributed by atoms with van der Waals surface area (Å²) in [6, 6.07) is 20.2. The zero-order valence-corrected chi connectivity index (χ0v) is 13.4. The van der Waals surface area contributed by atoms with Crippen LogP contribution in [0.25, 0.3) is 0 Å². The van der Waals surface area contributed by atoms with Crippen molar-refractivity contribution in [2.24, 2.45) is 4.99 Å². The number of ether oxygens (including phenoxy) is 1. The van der Waals surface area contributed by atoms with Gasteiger partial charge in [0.15, 0.2) is 0 Å². The molecular weight excluding hydrogens is 290 g/mol. The van der Waals surface area contributed by atoms with Crippen LogP contribution in [0.3, 0.4) is 0 Å². The number of benzene rings is 2. The fourth-order valence-electron chi connectivity index (χ4n) is 2.30. The Balaban J connectivity index is 2.18. The van der Waals surface area contributed by atoms with Crippen molar-refractivity contribution in [1.29, 1.82) is 0 Å². The van der Waals surface area contributed by atoms with Crippen molar-refractivity contribution in [3.05, 3.63) is 82.0 Å². The van der Waals surface area contributed by atoms with Crippen LogP contribution in [0, 0.1) is 6.92 Å². The van der Waals surface area contributed by atoms with Gasteiger partial charge in [-0.25, -0.2) is 4.99 Å². The Hall–Kier alpha value is -2.39. The molecule has 0 amide bonds. The Morgan fingerprint density at radius 2 is 1.68 bits per heavy atom. The Labute approximate surface area is 134 Å². The number of thiophene rings is 1. The molecule has 1 heterocycles. The van der Waals surface area contributed by atoms with Crippen molar-refractivity contribution in [1.82, 2.24) is 0 Å². The van der Waals surface area contributed by atoms with Gasteiger partial charge in [0.05, 0.1) is 17.7 Å². The first-order chi connectivity index (χ1) is 10.8. The van der Waals surface area contributed by atoms with Crippen LogP contribution in [0.1, 0.15) is 16.0 Å². The lowest BCUT2D eigenvalue weighted by molar-refractivity contribution is 0.416. The Morgan fingerprint density at radius 1 is 0.955 bits per heavy atom. The van der Waals surface area contributed by atoms with E-state index >= 15 is 0 Å². The molecule has 0 unspecified atom stereocenters. The highest BCUT2D eigenvalue weighted by molar-refractivity contribution is 7.12. The molecule has 0 aliphatic carbocycles. The minimum absolute atomic E-state index is 0.783. The number of nitrogens with zero attached hydrogens (tertiary/aromatic N) is 1. The third-order valence-corrected chi connectivity index (χ3v) is 4.47. The van der Waals surface area contributed by atoms with Gasteiger partial charge in [-0.3, -0.25) is 0 Å². The first kappa shape index (κ1) is 14.5. The number of aryl methyl sites for hydroxylation is 1. The molecule has 0 radical (unpaired) electrons. The molecule has 0 fully saturated rings. The van der Waals surface area contributed by atoms with E-state index in [4.69, 9.17) is 9.73 Å². The number of hydrogen-bond acceptors (Lipinski definition) is 3. The van der Waals surface area contributed by atoms with E-state index in [1.54, 1.807) is 18.4 Å². The predicted molar refractivity (Wildman–Crippen MR) is 93.8 cm³/mol. The van der Waals surface area contributed by atoms with Crippen molar-refractivity contribution in [3.8, 4) is 5.75 Å². The maximum atomic E-state index is 5.43. The molecule has 110 valence electrons. The van der Waals surface area contributed by atoms with E-state index in [2.05, 4.69) is 30.5 Å². The molecule has 0 aliphatic heterocycles. The topological polar surface area (TPSA) is 21.6 Å². The van der Waals surface area contributed by atoms with Gasteiger partial charge in [-0.05, 0) is 36.1 Å². The second kappa shape index (κ2) is 6.58. The van der Waals surface area contributed by atoms with Gasteiger partial charge in [-0.1, -0.05) is 42.5 Å². The minimum atomic E-state index is 0.783. The minimum Gasteiger partial charge on any atom is -0.494 e. The summed E-state index contributed by atoms with van der Waals surface area (Å²) in [5, 5.41) is 2.10. The number of methoxy groups -OCH3 is 1. The normalized spacial score (nSPS) is 11.5. The Kier molecular flexibility index (Phi) is 4.35. The molecular formula is C19H17NOS. The van der Waals surface area contributed by atoms with Crippen molar-refractivity contribution in [2.45, 2.75) is 6.92 Å². The summed E-state index contributed by atoms with van der Waals surface area (Å²) < 4.78 is 5.43. The zero-order chi connectivity index (χ0) is 15.4. The largest absolute Gasteiger partial charge is 0.494 e. The molecule has 0 spiro atoms. The van der Waals surface area contributed by atoms with Crippen molar-refractivity contribution in [3.63, 3.8) is 0 Å². The van der Waals surface area contributed by atoms with E-state index in [1.807, 2.05) is 42.5 Å². The van der Waals surface area contributed by atoms with E-state index in [-0.39, 0.29) is 0 Å². The molecule has 3 heteroatoms. The van der Waals surface area contributed by atoms with E-state index < -0.39 is 0 Å². The molecule has 0 bridgehead atoms. The summed E-state index contributed by atoms with van der Waals surface area (Å²) in [4.78, 5) is 6.10. The molecule has 0 atom stereocenters. The van der Waals surface area contributed by atoms with Gasteiger partial charge in [0.1, 0.15) is 11.4 Å². The van der Waals surface area contributed by atoms with Gasteiger partial charge < -0.3 is 4.74 Å². The summed E-state index contributed by atoms with van der Waals surface area (Å²) in [6.07, 6.45) is 0. The van der Waals surface area contributed by atoms with Gasteiger partial charge in [-0.2, -0.15) is 0 Å². The maximum Gasteiger partial charge on any atom is 0.144 e. The Morgan fingerprint density at radius 3 is 2.36 bits per heavy atom. The molecule has 22 heavy (non-hydrogen) atoms. The smallest absolute Gasteiger partial charge is 0.144 e. The summed E-state index contributed by atoms with van der Waals surface area (Å²) >= 11 is 1.71. The Bertz CT molecular complexity index is 790. The summed E-state index contributed by atoms with van der Waals surface area (Å²) in [6.45, 7) is 2.12. The van der Waals surface area contributed by atoms with Crippen molar-refractivity contribution in [2.75, 3.05) is 7.11 Å². The molecule has 3 rings (SSSR count). The molecule has 1 aromatic heterocycles. The van der Waals surface area contributed by atoms with Crippen LogP contribution in [0.4, 0.5) is 5.69 Å². The first-order valence-corrected chi connectivity index (χ1v) is 7.99. The summed E-state index contributed by atoms with van der Waals surface area (Å²) in [7, 11) is 1.67. The highest BCUT2D eigenvalue weighted by Gasteiger charge is 2.12. The van der Waals surface area contributed by atoms with E-state index in [9.17, 15) is 0 Å². The number of rotatable bonds is 4. The third-order valence-electron chi connectivity index (χ3n) is 3.44. The van der Waals surface area contributed by atoms with Gasteiger partial charge in [-0.15, -0.1) is 11.3 Å². The maximum absolute atomic E-state index is 5.43. The van der Waals surface area contributed by atoms with Crippen molar-refractivity contribution < 1.29 is 4.74 Å². The lowest BCUT2D eigenvalue weighted by atomic mass is 10.1. The first-order valence-electron chi connectivity index (χ1n) is 7.11. The third kappa shape index (κ3) is 2.95. The molecule has 0 N–H and O–H groups in total. The highest BCUT2D eigenvalue weighted by Crippen LogP contribution is 2.30. The van der Waals surface area contributed by atoms with Gasteiger partial charge in [0, 0.05) is 5.56 Å². The molecule has 2 aromatic carbocycles. The van der Waals surface area contributed by atoms with Crippen LogP contribution >= 0.6 is 11.3 Å². The number of para-hydroxylation sites is 2. The average molecular weight is 307 g/mol. The number of hydrogen-bond donors (Lipinski definition) is 0. The summed E-state index contributed by atoms with van der Waals surface area (Å²) in [5.74, 6) is 0.783. The van der Waals surface area contributed by atoms with Crippen LogP contribution in [0.5, 0.6) is 5.75 Å².